The molecular weight excluding hydrogens is 477 g/mol. The van der Waals surface area contributed by atoms with Crippen molar-refractivity contribution in [1.29, 1.82) is 0 Å². The molecule has 0 aromatic heterocycles. The average Bonchev–Trinajstić information content (AvgIpc) is 2.82. The van der Waals surface area contributed by atoms with Crippen molar-refractivity contribution in [3.63, 3.8) is 0 Å². The van der Waals surface area contributed by atoms with Crippen LogP contribution in [0.2, 0.25) is 0 Å². The van der Waals surface area contributed by atoms with Crippen molar-refractivity contribution in [2.24, 2.45) is 0 Å². The normalized spacial score (nSPS) is 13.1. The molecule has 2 amide bonds. The first-order valence-electron chi connectivity index (χ1n) is 11.0. The highest BCUT2D eigenvalue weighted by Crippen LogP contribution is 2.27. The third-order valence-corrected chi connectivity index (χ3v) is 5.27. The predicted molar refractivity (Wildman–Crippen MR) is 124 cm³/mol. The minimum atomic E-state index is -1.68. The molecule has 3 N–H and O–H groups in total. The van der Waals surface area contributed by atoms with Gasteiger partial charge in [0.25, 0.3) is 5.69 Å². The number of non-ortho nitro benzene ring substituents is 1. The van der Waals surface area contributed by atoms with Crippen molar-refractivity contribution in [2.75, 3.05) is 6.61 Å². The fourth-order valence-corrected chi connectivity index (χ4v) is 3.60. The van der Waals surface area contributed by atoms with Crippen molar-refractivity contribution >= 4 is 29.4 Å². The van der Waals surface area contributed by atoms with Crippen molar-refractivity contribution in [1.82, 2.24) is 10.6 Å². The Balaban J connectivity index is 2.39. The fourth-order valence-electron chi connectivity index (χ4n) is 3.60. The summed E-state index contributed by atoms with van der Waals surface area (Å²) in [5.41, 5.74) is 0.100. The number of carboxylic acids is 1. The summed E-state index contributed by atoms with van der Waals surface area (Å²) in [5.74, 6) is -5.54. The van der Waals surface area contributed by atoms with Crippen molar-refractivity contribution in [3.05, 3.63) is 75.6 Å². The topological polar surface area (TPSA) is 165 Å². The Morgan fingerprint density at radius 3 is 2.25 bits per heavy atom. The molecule has 11 nitrogen and oxygen atoms in total. The summed E-state index contributed by atoms with van der Waals surface area (Å²) in [6.45, 7) is 2.75. The van der Waals surface area contributed by atoms with Gasteiger partial charge in [-0.3, -0.25) is 24.5 Å². The molecule has 0 heterocycles. The maximum absolute atomic E-state index is 14.2. The van der Waals surface area contributed by atoms with Crippen LogP contribution in [0.3, 0.4) is 0 Å². The number of aliphatic carboxylic acids is 1. The third kappa shape index (κ3) is 7.86. The van der Waals surface area contributed by atoms with E-state index in [4.69, 9.17) is 4.74 Å². The lowest BCUT2D eigenvalue weighted by molar-refractivity contribution is -0.384. The number of nitrogens with zero attached hydrogens (tertiary/aromatic N) is 1. The highest BCUT2D eigenvalue weighted by Gasteiger charge is 2.35. The van der Waals surface area contributed by atoms with Crippen LogP contribution in [-0.4, -0.2) is 52.5 Å². The number of ether oxygens (including phenoxy) is 1. The number of carboxylic acid groups (broad SMARTS) is 1. The van der Waals surface area contributed by atoms with E-state index in [-0.39, 0.29) is 29.8 Å². The lowest BCUT2D eigenvalue weighted by atomic mass is 9.88. The van der Waals surface area contributed by atoms with Gasteiger partial charge >= 0.3 is 11.9 Å². The number of hydrogen-bond donors (Lipinski definition) is 3. The standard InChI is InChI=1S/C24H26FN3O8/c1-3-36-21(30)13-18(15-8-10-17(11-9-15)28(34)35)22(24(32)33)27-23(31)20(26-14(2)29)12-16-6-4-5-7-19(16)25/h4-11,18,20,22H,3,12-13H2,1-2H3,(H,26,29)(H,27,31)(H,32,33)/t18-,20+,22+/m1/s1. The van der Waals surface area contributed by atoms with Gasteiger partial charge in [-0.05, 0) is 24.1 Å². The van der Waals surface area contributed by atoms with Crippen LogP contribution in [-0.2, 0) is 30.3 Å². The van der Waals surface area contributed by atoms with Crippen LogP contribution in [0.5, 0.6) is 0 Å². The Bertz CT molecular complexity index is 1120. The number of esters is 1. The number of nitro benzene ring substituents is 1. The molecule has 0 aliphatic heterocycles. The number of carbonyl (C=O) groups excluding carboxylic acids is 3. The zero-order chi connectivity index (χ0) is 26.8. The summed E-state index contributed by atoms with van der Waals surface area (Å²) in [4.78, 5) is 59.6. The van der Waals surface area contributed by atoms with E-state index in [1.807, 2.05) is 0 Å². The van der Waals surface area contributed by atoms with E-state index in [1.54, 1.807) is 13.0 Å². The van der Waals surface area contributed by atoms with E-state index in [1.165, 1.54) is 30.3 Å². The molecule has 0 aliphatic carbocycles. The fraction of sp³-hybridized carbons (Fsp3) is 0.333. The number of nitro groups is 1. The number of rotatable bonds is 12. The van der Waals surface area contributed by atoms with Gasteiger partial charge < -0.3 is 20.5 Å². The average molecular weight is 503 g/mol. The number of carbonyl (C=O) groups is 4. The van der Waals surface area contributed by atoms with Crippen LogP contribution in [0.25, 0.3) is 0 Å². The van der Waals surface area contributed by atoms with Gasteiger partial charge in [0.2, 0.25) is 11.8 Å². The van der Waals surface area contributed by atoms with E-state index >= 15 is 0 Å². The predicted octanol–water partition coefficient (Wildman–Crippen LogP) is 2.09. The summed E-state index contributed by atoms with van der Waals surface area (Å²) in [6, 6.07) is 7.47. The van der Waals surface area contributed by atoms with Gasteiger partial charge in [-0.15, -0.1) is 0 Å². The molecule has 0 fully saturated rings. The number of benzene rings is 2. The maximum atomic E-state index is 14.2. The van der Waals surface area contributed by atoms with Crippen LogP contribution >= 0.6 is 0 Å². The SMILES string of the molecule is CCOC(=O)C[C@H](c1ccc([N+](=O)[O-])cc1)[C@H](NC(=O)[C@H](Cc1ccccc1F)NC(C)=O)C(=O)O. The van der Waals surface area contributed by atoms with Gasteiger partial charge in [-0.25, -0.2) is 9.18 Å². The quantitative estimate of drug-likeness (QED) is 0.225. The van der Waals surface area contributed by atoms with Crippen molar-refractivity contribution in [3.8, 4) is 0 Å². The molecule has 36 heavy (non-hydrogen) atoms. The van der Waals surface area contributed by atoms with Crippen molar-refractivity contribution < 1.29 is 38.3 Å². The lowest BCUT2D eigenvalue weighted by Gasteiger charge is -2.27. The molecule has 192 valence electrons. The molecule has 2 aromatic rings. The molecular formula is C24H26FN3O8. The minimum Gasteiger partial charge on any atom is -0.480 e. The zero-order valence-corrected chi connectivity index (χ0v) is 19.6. The molecule has 0 spiro atoms. The second-order valence-electron chi connectivity index (χ2n) is 7.84. The molecule has 3 atom stereocenters. The van der Waals surface area contributed by atoms with E-state index in [0.29, 0.717) is 0 Å². The number of hydrogen-bond acceptors (Lipinski definition) is 7. The Kier molecular flexibility index (Phi) is 10.0. The number of nitrogens with one attached hydrogen (secondary N) is 2. The Morgan fingerprint density at radius 1 is 1.08 bits per heavy atom. The second kappa shape index (κ2) is 12.9. The van der Waals surface area contributed by atoms with Gasteiger partial charge in [0.15, 0.2) is 0 Å². The van der Waals surface area contributed by atoms with Gasteiger partial charge in [-0.2, -0.15) is 0 Å². The van der Waals surface area contributed by atoms with E-state index in [2.05, 4.69) is 10.6 Å². The van der Waals surface area contributed by atoms with Crippen molar-refractivity contribution in [2.45, 2.75) is 44.7 Å². The molecule has 12 heteroatoms. The zero-order valence-electron chi connectivity index (χ0n) is 19.6. The first-order chi connectivity index (χ1) is 17.0. The van der Waals surface area contributed by atoms with Gasteiger partial charge in [0, 0.05) is 31.4 Å². The molecule has 2 aromatic carbocycles. The molecule has 0 bridgehead atoms. The summed E-state index contributed by atoms with van der Waals surface area (Å²) >= 11 is 0. The Labute approximate surface area is 205 Å². The monoisotopic (exact) mass is 503 g/mol. The highest BCUT2D eigenvalue weighted by atomic mass is 19.1. The van der Waals surface area contributed by atoms with Crippen LogP contribution in [0.4, 0.5) is 10.1 Å². The second-order valence-corrected chi connectivity index (χ2v) is 7.84. The van der Waals surface area contributed by atoms with Gasteiger partial charge in [0.1, 0.15) is 17.9 Å². The summed E-state index contributed by atoms with van der Waals surface area (Å²) < 4.78 is 19.1. The van der Waals surface area contributed by atoms with Crippen LogP contribution in [0, 0.1) is 15.9 Å². The van der Waals surface area contributed by atoms with Crippen LogP contribution in [0.15, 0.2) is 48.5 Å². The molecule has 0 radical (unpaired) electrons. The number of halogens is 1. The van der Waals surface area contributed by atoms with E-state index < -0.39 is 58.9 Å². The Morgan fingerprint density at radius 2 is 1.72 bits per heavy atom. The highest BCUT2D eigenvalue weighted by molar-refractivity contribution is 5.91. The lowest BCUT2D eigenvalue weighted by Crippen LogP contribution is -2.54. The molecule has 0 saturated heterocycles. The third-order valence-electron chi connectivity index (χ3n) is 5.27. The van der Waals surface area contributed by atoms with E-state index in [9.17, 15) is 38.8 Å². The molecule has 0 unspecified atom stereocenters. The maximum Gasteiger partial charge on any atom is 0.326 e. The van der Waals surface area contributed by atoms with Gasteiger partial charge in [0.05, 0.1) is 18.0 Å². The largest absolute Gasteiger partial charge is 0.480 e. The summed E-state index contributed by atoms with van der Waals surface area (Å²) in [7, 11) is 0. The molecule has 2 rings (SSSR count). The smallest absolute Gasteiger partial charge is 0.326 e. The summed E-state index contributed by atoms with van der Waals surface area (Å²) in [5, 5.41) is 25.6. The van der Waals surface area contributed by atoms with Gasteiger partial charge in [-0.1, -0.05) is 30.3 Å². The first kappa shape index (κ1) is 27.9. The molecule has 0 saturated carbocycles. The minimum absolute atomic E-state index is 0.0309. The van der Waals surface area contributed by atoms with E-state index in [0.717, 1.165) is 19.1 Å². The Hall–Kier alpha value is -4.35. The summed E-state index contributed by atoms with van der Waals surface area (Å²) in [6.07, 6.45) is -0.717. The van der Waals surface area contributed by atoms with Crippen LogP contribution < -0.4 is 10.6 Å². The molecule has 0 aliphatic rings. The first-order valence-corrected chi connectivity index (χ1v) is 11.0. The van der Waals surface area contributed by atoms with Crippen LogP contribution in [0.1, 0.15) is 37.3 Å². The number of amides is 2.